The molecule has 1 aromatic heterocycles. The molecular weight excluding hydrogens is 353 g/mol. The van der Waals surface area contributed by atoms with Crippen molar-refractivity contribution in [2.24, 2.45) is 0 Å². The summed E-state index contributed by atoms with van der Waals surface area (Å²) in [5.74, 6) is 0. The second kappa shape index (κ2) is 5.72. The maximum absolute atomic E-state index is 4.28. The van der Waals surface area contributed by atoms with Crippen molar-refractivity contribution in [1.29, 1.82) is 0 Å². The number of allylic oxidation sites excluding steroid dienone is 6. The molecule has 0 N–H and O–H groups in total. The molecule has 0 saturated carbocycles. The van der Waals surface area contributed by atoms with Crippen LogP contribution in [0.2, 0.25) is 0 Å². The topological polar surface area (TPSA) is 12.9 Å². The largest absolute Gasteiger partial charge is 0.320 e. The molecule has 0 fully saturated rings. The summed E-state index contributed by atoms with van der Waals surface area (Å²) < 4.78 is 0. The molecule has 0 saturated heterocycles. The van der Waals surface area contributed by atoms with Crippen LogP contribution in [0.1, 0.15) is 12.1 Å². The Kier molecular flexibility index (Phi) is 4.55. The fourth-order valence-corrected chi connectivity index (χ4v) is 1.25. The van der Waals surface area contributed by atoms with Crippen LogP contribution in [-0.2, 0) is 21.1 Å². The van der Waals surface area contributed by atoms with Gasteiger partial charge in [-0.15, -0.1) is 11.6 Å². The van der Waals surface area contributed by atoms with Crippen LogP contribution in [0.3, 0.4) is 0 Å². The van der Waals surface area contributed by atoms with Crippen molar-refractivity contribution in [2.75, 3.05) is 0 Å². The van der Waals surface area contributed by atoms with Crippen molar-refractivity contribution in [3.63, 3.8) is 0 Å². The molecule has 0 aromatic carbocycles. The first-order valence-electron chi connectivity index (χ1n) is 4.32. The van der Waals surface area contributed by atoms with E-state index < -0.39 is 0 Å². The third kappa shape index (κ3) is 2.78. The Hall–Kier alpha value is -0.942. The molecule has 0 spiro atoms. The molecule has 1 aliphatic carbocycles. The molecule has 74 valence electrons. The first kappa shape index (κ1) is 11.1. The van der Waals surface area contributed by atoms with E-state index in [0.29, 0.717) is 0 Å². The summed E-state index contributed by atoms with van der Waals surface area (Å²) in [7, 11) is 0. The van der Waals surface area contributed by atoms with E-state index in [1.165, 1.54) is 0 Å². The Morgan fingerprint density at radius 1 is 1.21 bits per heavy atom. The standard InChI is InChI=1S/C12H10N.Pt/c1-2-4-8-11(7-3-1)12-9-5-6-10-13-12;/h1-6,9-10H,7H2;/q-1;. The zero-order valence-corrected chi connectivity index (χ0v) is 9.86. The molecule has 0 aliphatic heterocycles. The Morgan fingerprint density at radius 2 is 2.14 bits per heavy atom. The molecule has 0 amide bonds. The van der Waals surface area contributed by atoms with Gasteiger partial charge in [-0.3, -0.25) is 0 Å². The summed E-state index contributed by atoms with van der Waals surface area (Å²) in [6.07, 6.45) is 14.0. The van der Waals surface area contributed by atoms with Gasteiger partial charge in [-0.1, -0.05) is 18.2 Å². The molecule has 0 radical (unpaired) electrons. The van der Waals surface area contributed by atoms with Crippen molar-refractivity contribution in [2.45, 2.75) is 6.42 Å². The fourth-order valence-electron chi connectivity index (χ4n) is 1.25. The molecule has 1 heterocycles. The molecule has 2 heteroatoms. The summed E-state index contributed by atoms with van der Waals surface area (Å²) in [5, 5.41) is 0. The van der Waals surface area contributed by atoms with Gasteiger partial charge in [-0.25, -0.2) is 0 Å². The molecule has 1 aromatic rings. The number of hydrogen-bond donors (Lipinski definition) is 0. The van der Waals surface area contributed by atoms with Crippen LogP contribution in [0.4, 0.5) is 0 Å². The number of rotatable bonds is 1. The van der Waals surface area contributed by atoms with Gasteiger partial charge < -0.3 is 4.98 Å². The molecule has 0 atom stereocenters. The van der Waals surface area contributed by atoms with Crippen molar-refractivity contribution >= 4 is 5.57 Å². The normalized spacial score (nSPS) is 14.1. The van der Waals surface area contributed by atoms with Gasteiger partial charge in [-0.05, 0) is 18.2 Å². The summed E-state index contributed by atoms with van der Waals surface area (Å²) >= 11 is 0. The van der Waals surface area contributed by atoms with E-state index in [1.807, 2.05) is 42.6 Å². The minimum absolute atomic E-state index is 0. The summed E-state index contributed by atoms with van der Waals surface area (Å²) in [6.45, 7) is 0. The maximum Gasteiger partial charge on any atom is 0.0124 e. The van der Waals surface area contributed by atoms with Gasteiger partial charge in [0.1, 0.15) is 0 Å². The zero-order chi connectivity index (χ0) is 8.93. The van der Waals surface area contributed by atoms with Crippen molar-refractivity contribution < 1.29 is 21.1 Å². The minimum Gasteiger partial charge on any atom is -0.320 e. The molecule has 0 unspecified atom stereocenters. The van der Waals surface area contributed by atoms with E-state index in [4.69, 9.17) is 0 Å². The molecule has 1 nitrogen and oxygen atoms in total. The molecule has 0 bridgehead atoms. The van der Waals surface area contributed by atoms with E-state index in [-0.39, 0.29) is 21.1 Å². The van der Waals surface area contributed by atoms with Crippen molar-refractivity contribution in [3.8, 4) is 0 Å². The Morgan fingerprint density at radius 3 is 2.93 bits per heavy atom. The Bertz CT molecular complexity index is 363. The quantitative estimate of drug-likeness (QED) is 0.700. The predicted molar refractivity (Wildman–Crippen MR) is 53.8 cm³/mol. The number of hydrogen-bond acceptors (Lipinski definition) is 1. The Balaban J connectivity index is 0.000000980. The number of aromatic nitrogens is 1. The predicted octanol–water partition coefficient (Wildman–Crippen LogP) is 2.78. The summed E-state index contributed by atoms with van der Waals surface area (Å²) in [6, 6.07) is 5.93. The maximum atomic E-state index is 4.28. The third-order valence-corrected chi connectivity index (χ3v) is 1.90. The zero-order valence-electron chi connectivity index (χ0n) is 7.59. The smallest absolute Gasteiger partial charge is 0.0124 e. The van der Waals surface area contributed by atoms with Gasteiger partial charge in [0.05, 0.1) is 0 Å². The van der Waals surface area contributed by atoms with E-state index in [1.54, 1.807) is 0 Å². The van der Waals surface area contributed by atoms with Crippen LogP contribution >= 0.6 is 0 Å². The molecule has 2 rings (SSSR count). The minimum atomic E-state index is 0. The fraction of sp³-hybridized carbons (Fsp3) is 0.0833. The number of nitrogens with zero attached hydrogens (tertiary/aromatic N) is 1. The number of pyridine rings is 1. The second-order valence-electron chi connectivity index (χ2n) is 2.83. The summed E-state index contributed by atoms with van der Waals surface area (Å²) in [5.41, 5.74) is 2.16. The van der Waals surface area contributed by atoms with Gasteiger partial charge in [-0.2, -0.15) is 18.2 Å². The van der Waals surface area contributed by atoms with E-state index in [0.717, 1.165) is 17.7 Å². The first-order chi connectivity index (χ1) is 6.47. The van der Waals surface area contributed by atoms with Crippen LogP contribution in [-0.4, -0.2) is 4.98 Å². The van der Waals surface area contributed by atoms with Crippen LogP contribution in [0, 0.1) is 6.08 Å². The molecule has 14 heavy (non-hydrogen) atoms. The van der Waals surface area contributed by atoms with Gasteiger partial charge >= 0.3 is 0 Å². The van der Waals surface area contributed by atoms with E-state index in [2.05, 4.69) is 17.1 Å². The van der Waals surface area contributed by atoms with Gasteiger partial charge in [0.2, 0.25) is 0 Å². The van der Waals surface area contributed by atoms with Crippen molar-refractivity contribution in [1.82, 2.24) is 4.98 Å². The van der Waals surface area contributed by atoms with Crippen LogP contribution in [0.5, 0.6) is 0 Å². The monoisotopic (exact) mass is 363 g/mol. The van der Waals surface area contributed by atoms with Gasteiger partial charge in [0.15, 0.2) is 0 Å². The van der Waals surface area contributed by atoms with Crippen LogP contribution < -0.4 is 0 Å². The third-order valence-electron chi connectivity index (χ3n) is 1.90. The Labute approximate surface area is 98.5 Å². The van der Waals surface area contributed by atoms with Crippen LogP contribution in [0.25, 0.3) is 5.57 Å². The van der Waals surface area contributed by atoms with Gasteiger partial charge in [0.25, 0.3) is 0 Å². The molecule has 1 aliphatic rings. The first-order valence-corrected chi connectivity index (χ1v) is 4.32. The van der Waals surface area contributed by atoms with Gasteiger partial charge in [0, 0.05) is 27.3 Å². The average molecular weight is 363 g/mol. The van der Waals surface area contributed by atoms with E-state index in [9.17, 15) is 0 Å². The average Bonchev–Trinajstić information content (AvgIpc) is 2.47. The molecular formula is C12H10NPt-. The second-order valence-corrected chi connectivity index (χ2v) is 2.83. The van der Waals surface area contributed by atoms with E-state index >= 15 is 0 Å². The van der Waals surface area contributed by atoms with Crippen LogP contribution in [0.15, 0.2) is 48.7 Å². The van der Waals surface area contributed by atoms with Crippen molar-refractivity contribution in [3.05, 3.63) is 60.5 Å². The summed E-state index contributed by atoms with van der Waals surface area (Å²) in [4.78, 5) is 4.28. The SMILES string of the molecule is [C-]1=C(c2ccccn2)CC=CC=C1.[Pt].